The summed E-state index contributed by atoms with van der Waals surface area (Å²) in [6, 6.07) is 20.2. The molecule has 2 aromatic carbocycles. The zero-order valence-electron chi connectivity index (χ0n) is 17.4. The Morgan fingerprint density at radius 2 is 1.22 bits per heavy atom. The van der Waals surface area contributed by atoms with Crippen molar-refractivity contribution in [2.45, 2.75) is 53.6 Å². The van der Waals surface area contributed by atoms with E-state index in [2.05, 4.69) is 44.2 Å². The summed E-state index contributed by atoms with van der Waals surface area (Å²) < 4.78 is 0. The molecule has 2 nitrogen and oxygen atoms in total. The number of nitrogen functional groups attached to an aromatic ring is 1. The molecule has 3 aromatic rings. The number of nitrogens with two attached hydrogens (primary N) is 1. The summed E-state index contributed by atoms with van der Waals surface area (Å²) in [5, 5.41) is 10.6. The zero-order valence-corrected chi connectivity index (χ0v) is 18.2. The molecule has 2 unspecified atom stereocenters. The molecule has 3 N–H and O–H groups in total. The van der Waals surface area contributed by atoms with Crippen LogP contribution in [0.3, 0.4) is 0 Å². The van der Waals surface area contributed by atoms with Crippen LogP contribution in [-0.2, 0) is 0 Å². The predicted octanol–water partition coefficient (Wildman–Crippen LogP) is 6.92. The van der Waals surface area contributed by atoms with Gasteiger partial charge in [-0.1, -0.05) is 76.6 Å². The zero-order chi connectivity index (χ0) is 20.4. The molecular formula is C24H33NOS. The van der Waals surface area contributed by atoms with Crippen molar-refractivity contribution < 1.29 is 5.11 Å². The molecule has 2 atom stereocenters. The molecule has 1 aromatic heterocycles. The fraction of sp³-hybridized carbons (Fsp3) is 0.333. The summed E-state index contributed by atoms with van der Waals surface area (Å²) in [7, 11) is 0. The van der Waals surface area contributed by atoms with Gasteiger partial charge in [0.05, 0.1) is 0 Å². The molecule has 0 saturated heterocycles. The maximum atomic E-state index is 10.6. The second-order valence-corrected chi connectivity index (χ2v) is 7.09. The highest BCUT2D eigenvalue weighted by Crippen LogP contribution is 2.35. The Labute approximate surface area is 168 Å². The highest BCUT2D eigenvalue weighted by atomic mass is 32.1. The maximum absolute atomic E-state index is 10.6. The smallest absolute Gasteiger partial charge is 0.113 e. The molecule has 146 valence electrons. The van der Waals surface area contributed by atoms with E-state index in [4.69, 9.17) is 5.73 Å². The number of anilines is 1. The van der Waals surface area contributed by atoms with E-state index in [0.29, 0.717) is 11.6 Å². The van der Waals surface area contributed by atoms with Crippen molar-refractivity contribution in [2.24, 2.45) is 0 Å². The predicted molar refractivity (Wildman–Crippen MR) is 121 cm³/mol. The van der Waals surface area contributed by atoms with E-state index in [9.17, 15) is 5.11 Å². The summed E-state index contributed by atoms with van der Waals surface area (Å²) in [6.07, 6.45) is -0.598. The van der Waals surface area contributed by atoms with Crippen LogP contribution in [0.25, 0.3) is 0 Å². The minimum Gasteiger partial charge on any atom is -0.399 e. The van der Waals surface area contributed by atoms with Gasteiger partial charge in [0.25, 0.3) is 0 Å². The van der Waals surface area contributed by atoms with Crippen molar-refractivity contribution in [3.05, 3.63) is 87.1 Å². The van der Waals surface area contributed by atoms with Crippen molar-refractivity contribution >= 4 is 17.0 Å². The highest BCUT2D eigenvalue weighted by Gasteiger charge is 2.16. The van der Waals surface area contributed by atoms with E-state index >= 15 is 0 Å². The van der Waals surface area contributed by atoms with Crippen LogP contribution in [0.5, 0.6) is 0 Å². The van der Waals surface area contributed by atoms with Gasteiger partial charge in [-0.3, -0.25) is 0 Å². The number of aliphatic hydroxyl groups excluding tert-OH is 1. The standard InChI is InChI=1S/C20H21NOS.2C2H6/c1-13-3-5-15(6-4-13)14(2)18-11-12-19(23-18)20(22)16-7-9-17(21)10-8-16;2*1-2/h3-12,14,20,22H,21H2,1-2H3;2*1-2H3. The number of benzene rings is 2. The number of hydrogen-bond donors (Lipinski definition) is 2. The molecule has 3 heteroatoms. The van der Waals surface area contributed by atoms with Crippen molar-refractivity contribution in [3.63, 3.8) is 0 Å². The van der Waals surface area contributed by atoms with Gasteiger partial charge < -0.3 is 10.8 Å². The van der Waals surface area contributed by atoms with Crippen LogP contribution in [0, 0.1) is 6.92 Å². The molecule has 0 aliphatic heterocycles. The Morgan fingerprint density at radius 3 is 1.78 bits per heavy atom. The summed E-state index contributed by atoms with van der Waals surface area (Å²) in [5.74, 6) is 0.327. The molecule has 1 heterocycles. The summed E-state index contributed by atoms with van der Waals surface area (Å²) >= 11 is 1.67. The van der Waals surface area contributed by atoms with E-state index in [0.717, 1.165) is 10.4 Å². The molecule has 0 aliphatic carbocycles. The van der Waals surface area contributed by atoms with Gasteiger partial charge in [0.15, 0.2) is 0 Å². The van der Waals surface area contributed by atoms with Gasteiger partial charge >= 0.3 is 0 Å². The lowest BCUT2D eigenvalue weighted by Crippen LogP contribution is -1.97. The van der Waals surface area contributed by atoms with Crippen LogP contribution >= 0.6 is 11.3 Å². The summed E-state index contributed by atoms with van der Waals surface area (Å²) in [4.78, 5) is 2.22. The van der Waals surface area contributed by atoms with Crippen LogP contribution < -0.4 is 5.73 Å². The second-order valence-electron chi connectivity index (χ2n) is 5.94. The second kappa shape index (κ2) is 11.6. The Bertz CT molecular complexity index is 709. The molecule has 0 amide bonds. The van der Waals surface area contributed by atoms with Crippen LogP contribution in [0.15, 0.2) is 60.7 Å². The first kappa shape index (κ1) is 22.9. The molecule has 3 rings (SSSR count). The van der Waals surface area contributed by atoms with Gasteiger partial charge in [-0.05, 0) is 42.3 Å². The number of hydrogen-bond acceptors (Lipinski definition) is 3. The van der Waals surface area contributed by atoms with Crippen LogP contribution in [0.2, 0.25) is 0 Å². The largest absolute Gasteiger partial charge is 0.399 e. The fourth-order valence-corrected chi connectivity index (χ4v) is 3.71. The first-order chi connectivity index (χ1) is 13.0. The van der Waals surface area contributed by atoms with Crippen LogP contribution in [-0.4, -0.2) is 5.11 Å². The SMILES string of the molecule is CC.CC.Cc1ccc(C(C)c2ccc(C(O)c3ccc(N)cc3)s2)cc1. The van der Waals surface area contributed by atoms with Gasteiger partial charge in [-0.2, -0.15) is 0 Å². The normalized spacial score (nSPS) is 12.1. The van der Waals surface area contributed by atoms with Gasteiger partial charge in [-0.25, -0.2) is 0 Å². The molecule has 0 saturated carbocycles. The first-order valence-corrected chi connectivity index (χ1v) is 10.6. The van der Waals surface area contributed by atoms with E-state index in [-0.39, 0.29) is 0 Å². The number of aliphatic hydroxyl groups is 1. The van der Waals surface area contributed by atoms with E-state index in [1.165, 1.54) is 16.0 Å². The molecule has 0 aliphatic rings. The third kappa shape index (κ3) is 6.23. The van der Waals surface area contributed by atoms with E-state index in [1.54, 1.807) is 11.3 Å². The highest BCUT2D eigenvalue weighted by molar-refractivity contribution is 7.12. The number of thiophene rings is 1. The quantitative estimate of drug-likeness (QED) is 0.480. The monoisotopic (exact) mass is 383 g/mol. The minimum absolute atomic E-state index is 0.327. The molecule has 0 radical (unpaired) electrons. The fourth-order valence-electron chi connectivity index (χ4n) is 2.61. The van der Waals surface area contributed by atoms with Gasteiger partial charge in [0, 0.05) is 21.4 Å². The van der Waals surface area contributed by atoms with Gasteiger partial charge in [0.2, 0.25) is 0 Å². The lowest BCUT2D eigenvalue weighted by Gasteiger charge is -2.11. The van der Waals surface area contributed by atoms with Crippen molar-refractivity contribution in [3.8, 4) is 0 Å². The number of rotatable bonds is 4. The summed E-state index contributed by atoms with van der Waals surface area (Å²) in [5.41, 5.74) is 9.85. The van der Waals surface area contributed by atoms with Crippen LogP contribution in [0.1, 0.15) is 73.1 Å². The molecular weight excluding hydrogens is 350 g/mol. The van der Waals surface area contributed by atoms with Crippen LogP contribution in [0.4, 0.5) is 5.69 Å². The number of aryl methyl sites for hydroxylation is 1. The van der Waals surface area contributed by atoms with Gasteiger partial charge in [0.1, 0.15) is 6.10 Å². The lowest BCUT2D eigenvalue weighted by molar-refractivity contribution is 0.224. The Morgan fingerprint density at radius 1 is 0.741 bits per heavy atom. The summed E-state index contributed by atoms with van der Waals surface area (Å²) in [6.45, 7) is 12.3. The lowest BCUT2D eigenvalue weighted by atomic mass is 9.98. The maximum Gasteiger partial charge on any atom is 0.113 e. The molecule has 0 bridgehead atoms. The third-order valence-corrected chi connectivity index (χ3v) is 5.49. The van der Waals surface area contributed by atoms with Crippen molar-refractivity contribution in [1.29, 1.82) is 0 Å². The minimum atomic E-state index is -0.598. The third-order valence-electron chi connectivity index (χ3n) is 4.17. The average molecular weight is 384 g/mol. The Hall–Kier alpha value is -2.10. The topological polar surface area (TPSA) is 46.2 Å². The average Bonchev–Trinajstić information content (AvgIpc) is 3.21. The van der Waals surface area contributed by atoms with E-state index in [1.807, 2.05) is 58.0 Å². The van der Waals surface area contributed by atoms with E-state index < -0.39 is 6.10 Å². The Kier molecular flexibility index (Phi) is 9.84. The van der Waals surface area contributed by atoms with Crippen molar-refractivity contribution in [1.82, 2.24) is 0 Å². The molecule has 0 fully saturated rings. The molecule has 0 spiro atoms. The first-order valence-electron chi connectivity index (χ1n) is 9.74. The van der Waals surface area contributed by atoms with Crippen molar-refractivity contribution in [2.75, 3.05) is 5.73 Å². The Balaban J connectivity index is 0.000000855. The molecule has 27 heavy (non-hydrogen) atoms. The van der Waals surface area contributed by atoms with Gasteiger partial charge in [-0.15, -0.1) is 11.3 Å².